The van der Waals surface area contributed by atoms with Crippen molar-refractivity contribution in [1.29, 1.82) is 0 Å². The molecule has 0 radical (unpaired) electrons. The first-order chi connectivity index (χ1) is 8.69. The predicted octanol–water partition coefficient (Wildman–Crippen LogP) is 4.45. The first kappa shape index (κ1) is 15.6. The molecule has 0 aliphatic heterocycles. The number of nitro benzene ring substituents is 1. The summed E-state index contributed by atoms with van der Waals surface area (Å²) < 4.78 is 6.14. The van der Waals surface area contributed by atoms with E-state index in [0.717, 1.165) is 17.6 Å². The van der Waals surface area contributed by atoms with E-state index >= 15 is 0 Å². The standard InChI is InChI=1S/C14H21NO3Si/c1-11(2)10-14(18-19(3,4)5)12-6-8-13(9-7-12)15(16)17/h6-9,14H,1,10H2,2-5H3. The fraction of sp³-hybridized carbons (Fsp3) is 0.429. The lowest BCUT2D eigenvalue weighted by Crippen LogP contribution is -2.28. The lowest BCUT2D eigenvalue weighted by atomic mass is 10.0. The SMILES string of the molecule is C=C(C)CC(O[Si](C)(C)C)c1ccc([N+](=O)[O-])cc1. The number of non-ortho nitro benzene ring substituents is 1. The molecular weight excluding hydrogens is 258 g/mol. The van der Waals surface area contributed by atoms with Gasteiger partial charge in [0, 0.05) is 12.1 Å². The molecule has 4 nitrogen and oxygen atoms in total. The van der Waals surface area contributed by atoms with Gasteiger partial charge in [-0.1, -0.05) is 5.57 Å². The Balaban J connectivity index is 2.96. The van der Waals surface area contributed by atoms with Crippen LogP contribution in [0.2, 0.25) is 19.6 Å². The monoisotopic (exact) mass is 279 g/mol. The van der Waals surface area contributed by atoms with E-state index in [-0.39, 0.29) is 11.8 Å². The third kappa shape index (κ3) is 5.36. The zero-order valence-corrected chi connectivity index (χ0v) is 13.0. The second-order valence-electron chi connectivity index (χ2n) is 5.73. The highest BCUT2D eigenvalue weighted by Crippen LogP contribution is 2.29. The number of benzene rings is 1. The van der Waals surface area contributed by atoms with Crippen LogP contribution < -0.4 is 0 Å². The maximum atomic E-state index is 10.7. The zero-order chi connectivity index (χ0) is 14.6. The fourth-order valence-corrected chi connectivity index (χ4v) is 2.85. The van der Waals surface area contributed by atoms with Gasteiger partial charge in [-0.3, -0.25) is 10.1 Å². The van der Waals surface area contributed by atoms with Crippen LogP contribution >= 0.6 is 0 Å². The lowest BCUT2D eigenvalue weighted by Gasteiger charge is -2.27. The molecule has 0 saturated heterocycles. The summed E-state index contributed by atoms with van der Waals surface area (Å²) in [5, 5.41) is 10.7. The van der Waals surface area contributed by atoms with Gasteiger partial charge in [0.15, 0.2) is 8.32 Å². The second kappa shape index (κ2) is 6.12. The maximum absolute atomic E-state index is 10.7. The molecule has 0 bridgehead atoms. The van der Waals surface area contributed by atoms with Gasteiger partial charge in [0.1, 0.15) is 0 Å². The van der Waals surface area contributed by atoms with Crippen molar-refractivity contribution in [3.63, 3.8) is 0 Å². The summed E-state index contributed by atoms with van der Waals surface area (Å²) in [6, 6.07) is 6.58. The molecule has 5 heteroatoms. The molecule has 104 valence electrons. The van der Waals surface area contributed by atoms with Gasteiger partial charge in [-0.2, -0.15) is 0 Å². The van der Waals surface area contributed by atoms with Crippen molar-refractivity contribution in [3.8, 4) is 0 Å². The summed E-state index contributed by atoms with van der Waals surface area (Å²) in [6.45, 7) is 12.3. The van der Waals surface area contributed by atoms with Crippen LogP contribution in [0.4, 0.5) is 5.69 Å². The molecule has 0 aliphatic rings. The van der Waals surface area contributed by atoms with Gasteiger partial charge in [-0.15, -0.1) is 6.58 Å². The number of hydrogen-bond acceptors (Lipinski definition) is 3. The van der Waals surface area contributed by atoms with E-state index in [0.29, 0.717) is 0 Å². The zero-order valence-electron chi connectivity index (χ0n) is 12.0. The molecule has 0 aromatic heterocycles. The Morgan fingerprint density at radius 3 is 2.26 bits per heavy atom. The summed E-state index contributed by atoms with van der Waals surface area (Å²) in [5.41, 5.74) is 2.11. The predicted molar refractivity (Wildman–Crippen MR) is 79.7 cm³/mol. The van der Waals surface area contributed by atoms with Crippen LogP contribution in [0.3, 0.4) is 0 Å². The smallest absolute Gasteiger partial charge is 0.269 e. The Kier molecular flexibility index (Phi) is 5.02. The molecule has 0 heterocycles. The summed E-state index contributed by atoms with van der Waals surface area (Å²) in [7, 11) is -1.68. The van der Waals surface area contributed by atoms with Crippen LogP contribution in [0, 0.1) is 10.1 Å². The van der Waals surface area contributed by atoms with Crippen molar-refractivity contribution in [2.75, 3.05) is 0 Å². The maximum Gasteiger partial charge on any atom is 0.269 e. The van der Waals surface area contributed by atoms with E-state index in [4.69, 9.17) is 4.43 Å². The van der Waals surface area contributed by atoms with Crippen molar-refractivity contribution < 1.29 is 9.35 Å². The van der Waals surface area contributed by atoms with E-state index < -0.39 is 13.2 Å². The third-order valence-corrected chi connectivity index (χ3v) is 3.50. The molecule has 1 rings (SSSR count). The largest absolute Gasteiger partial charge is 0.410 e. The third-order valence-electron chi connectivity index (χ3n) is 2.51. The molecule has 0 aliphatic carbocycles. The molecule has 1 aromatic carbocycles. The van der Waals surface area contributed by atoms with Crippen LogP contribution in [-0.4, -0.2) is 13.2 Å². The average Bonchev–Trinajstić information content (AvgIpc) is 2.25. The van der Waals surface area contributed by atoms with Gasteiger partial charge >= 0.3 is 0 Å². The Morgan fingerprint density at radius 2 is 1.89 bits per heavy atom. The highest BCUT2D eigenvalue weighted by Gasteiger charge is 2.22. The summed E-state index contributed by atoms with van der Waals surface area (Å²) >= 11 is 0. The average molecular weight is 279 g/mol. The quantitative estimate of drug-likeness (QED) is 0.334. The molecular formula is C14H21NO3Si. The normalized spacial score (nSPS) is 13.1. The van der Waals surface area contributed by atoms with E-state index in [1.807, 2.05) is 6.92 Å². The molecule has 0 fully saturated rings. The number of hydrogen-bond donors (Lipinski definition) is 0. The van der Waals surface area contributed by atoms with Gasteiger partial charge in [0.05, 0.1) is 11.0 Å². The Morgan fingerprint density at radius 1 is 1.37 bits per heavy atom. The van der Waals surface area contributed by atoms with E-state index in [9.17, 15) is 10.1 Å². The van der Waals surface area contributed by atoms with Gasteiger partial charge < -0.3 is 4.43 Å². The molecule has 1 unspecified atom stereocenters. The molecule has 1 aromatic rings. The van der Waals surface area contributed by atoms with Crippen molar-refractivity contribution in [3.05, 3.63) is 52.1 Å². The first-order valence-electron chi connectivity index (χ1n) is 6.25. The van der Waals surface area contributed by atoms with Gasteiger partial charge in [-0.25, -0.2) is 0 Å². The van der Waals surface area contributed by atoms with Gasteiger partial charge in [0.2, 0.25) is 0 Å². The highest BCUT2D eigenvalue weighted by molar-refractivity contribution is 6.69. The Bertz CT molecular complexity index is 463. The van der Waals surface area contributed by atoms with Crippen LogP contribution in [0.25, 0.3) is 0 Å². The molecule has 0 spiro atoms. The van der Waals surface area contributed by atoms with E-state index in [1.165, 1.54) is 12.1 Å². The minimum absolute atomic E-state index is 0.0648. The summed E-state index contributed by atoms with van der Waals surface area (Å²) in [6.07, 6.45) is 0.673. The van der Waals surface area contributed by atoms with E-state index in [2.05, 4.69) is 26.2 Å². The minimum Gasteiger partial charge on any atom is -0.410 e. The highest BCUT2D eigenvalue weighted by atomic mass is 28.4. The lowest BCUT2D eigenvalue weighted by molar-refractivity contribution is -0.384. The minimum atomic E-state index is -1.68. The molecule has 0 saturated carbocycles. The number of rotatable bonds is 6. The van der Waals surface area contributed by atoms with Crippen molar-refractivity contribution in [2.24, 2.45) is 0 Å². The second-order valence-corrected chi connectivity index (χ2v) is 10.2. The van der Waals surface area contributed by atoms with Gasteiger partial charge in [-0.05, 0) is 50.7 Å². The number of nitro groups is 1. The van der Waals surface area contributed by atoms with Crippen LogP contribution in [0.5, 0.6) is 0 Å². The Hall–Kier alpha value is -1.46. The van der Waals surface area contributed by atoms with Crippen LogP contribution in [0.1, 0.15) is 25.0 Å². The Labute approximate surface area is 115 Å². The summed E-state index contributed by atoms with van der Waals surface area (Å²) in [5.74, 6) is 0. The van der Waals surface area contributed by atoms with Crippen molar-refractivity contribution in [2.45, 2.75) is 39.1 Å². The first-order valence-corrected chi connectivity index (χ1v) is 9.66. The molecule has 0 amide bonds. The van der Waals surface area contributed by atoms with Crippen LogP contribution in [0.15, 0.2) is 36.4 Å². The fourth-order valence-electron chi connectivity index (χ4n) is 1.78. The molecule has 1 atom stereocenters. The van der Waals surface area contributed by atoms with Crippen LogP contribution in [-0.2, 0) is 4.43 Å². The van der Waals surface area contributed by atoms with Gasteiger partial charge in [0.25, 0.3) is 5.69 Å². The van der Waals surface area contributed by atoms with E-state index in [1.54, 1.807) is 12.1 Å². The summed E-state index contributed by atoms with van der Waals surface area (Å²) in [4.78, 5) is 10.3. The van der Waals surface area contributed by atoms with Crippen molar-refractivity contribution in [1.82, 2.24) is 0 Å². The molecule has 0 N–H and O–H groups in total. The molecule has 19 heavy (non-hydrogen) atoms. The number of nitrogens with zero attached hydrogens (tertiary/aromatic N) is 1. The topological polar surface area (TPSA) is 52.4 Å². The van der Waals surface area contributed by atoms with Crippen molar-refractivity contribution >= 4 is 14.0 Å².